The van der Waals surface area contributed by atoms with Gasteiger partial charge in [-0.15, -0.1) is 0 Å². The Bertz CT molecular complexity index is 669. The van der Waals surface area contributed by atoms with Crippen LogP contribution in [0.5, 0.6) is 0 Å². The molecule has 0 bridgehead atoms. The first-order valence-corrected chi connectivity index (χ1v) is 6.42. The topological polar surface area (TPSA) is 60.0 Å². The number of rotatable bonds is 4. The number of benzene rings is 1. The molecule has 6 heteroatoms. The number of nitrogens with zero attached hydrogens (tertiary/aromatic N) is 1. The smallest absolute Gasteiger partial charge is 0.208 e. The van der Waals surface area contributed by atoms with Crippen molar-refractivity contribution < 1.29 is 4.39 Å². The molecule has 0 fully saturated rings. The van der Waals surface area contributed by atoms with Gasteiger partial charge in [0.05, 0.1) is 16.6 Å². The Morgan fingerprint density at radius 1 is 1.47 bits per heavy atom. The molecule has 0 saturated carbocycles. The van der Waals surface area contributed by atoms with E-state index in [1.54, 1.807) is 12.3 Å². The maximum atomic E-state index is 13.9. The van der Waals surface area contributed by atoms with Crippen LogP contribution < -0.4 is 16.5 Å². The first-order valence-electron chi connectivity index (χ1n) is 6.04. The summed E-state index contributed by atoms with van der Waals surface area (Å²) in [6.07, 6.45) is 1.57. The van der Waals surface area contributed by atoms with Gasteiger partial charge in [0, 0.05) is 25.8 Å². The summed E-state index contributed by atoms with van der Waals surface area (Å²) < 4.78 is 15.7. The fourth-order valence-corrected chi connectivity index (χ4v) is 2.20. The van der Waals surface area contributed by atoms with Crippen LogP contribution in [0.25, 0.3) is 10.9 Å². The van der Waals surface area contributed by atoms with Crippen LogP contribution in [0.4, 0.5) is 10.1 Å². The van der Waals surface area contributed by atoms with Gasteiger partial charge in [0.15, 0.2) is 0 Å². The number of pyridine rings is 1. The molecule has 0 spiro atoms. The monoisotopic (exact) mass is 283 g/mol. The summed E-state index contributed by atoms with van der Waals surface area (Å²) in [6, 6.07) is 2.83. The number of fused-ring (bicyclic) bond motifs is 1. The van der Waals surface area contributed by atoms with E-state index in [0.717, 1.165) is 0 Å². The van der Waals surface area contributed by atoms with Crippen molar-refractivity contribution in [2.24, 2.45) is 5.73 Å². The molecule has 0 unspecified atom stereocenters. The van der Waals surface area contributed by atoms with Crippen molar-refractivity contribution >= 4 is 28.2 Å². The van der Waals surface area contributed by atoms with Crippen molar-refractivity contribution in [2.75, 3.05) is 18.4 Å². The van der Waals surface area contributed by atoms with E-state index < -0.39 is 5.82 Å². The van der Waals surface area contributed by atoms with Gasteiger partial charge in [-0.2, -0.15) is 0 Å². The highest BCUT2D eigenvalue weighted by Crippen LogP contribution is 2.22. The third kappa shape index (κ3) is 2.57. The molecule has 2 rings (SSSR count). The number of aromatic nitrogens is 1. The van der Waals surface area contributed by atoms with Crippen molar-refractivity contribution in [3.63, 3.8) is 0 Å². The standard InChI is InChI=1S/C13H15ClFN3O/c1-2-18-7-9(14)13(19)8-5-10(15)11(6-12(8)18)17-4-3-16/h5-7,17H,2-4,16H2,1H3. The highest BCUT2D eigenvalue weighted by molar-refractivity contribution is 6.31. The SMILES string of the molecule is CCn1cc(Cl)c(=O)c2cc(F)c(NCCN)cc21. The molecule has 4 nitrogen and oxygen atoms in total. The second-order valence-electron chi connectivity index (χ2n) is 4.16. The second kappa shape index (κ2) is 5.59. The van der Waals surface area contributed by atoms with E-state index in [4.69, 9.17) is 17.3 Å². The van der Waals surface area contributed by atoms with Crippen LogP contribution in [-0.2, 0) is 6.54 Å². The molecule has 0 radical (unpaired) electrons. The quantitative estimate of drug-likeness (QED) is 0.904. The molecule has 0 atom stereocenters. The molecule has 0 aliphatic rings. The van der Waals surface area contributed by atoms with Crippen LogP contribution >= 0.6 is 11.6 Å². The highest BCUT2D eigenvalue weighted by atomic mass is 35.5. The lowest BCUT2D eigenvalue weighted by Gasteiger charge is -2.12. The molecule has 19 heavy (non-hydrogen) atoms. The number of nitrogens with two attached hydrogens (primary N) is 1. The van der Waals surface area contributed by atoms with E-state index in [1.807, 2.05) is 11.5 Å². The van der Waals surface area contributed by atoms with Crippen molar-refractivity contribution in [1.82, 2.24) is 4.57 Å². The first-order chi connectivity index (χ1) is 9.08. The molecule has 0 saturated heterocycles. The Morgan fingerprint density at radius 3 is 2.84 bits per heavy atom. The van der Waals surface area contributed by atoms with Gasteiger partial charge in [-0.05, 0) is 19.1 Å². The summed E-state index contributed by atoms with van der Waals surface area (Å²) in [7, 11) is 0. The fraction of sp³-hybridized carbons (Fsp3) is 0.308. The van der Waals surface area contributed by atoms with Gasteiger partial charge in [0.25, 0.3) is 0 Å². The number of aryl methyl sites for hydroxylation is 1. The lowest BCUT2D eigenvalue weighted by atomic mass is 10.1. The number of hydrogen-bond donors (Lipinski definition) is 2. The maximum Gasteiger partial charge on any atom is 0.208 e. The van der Waals surface area contributed by atoms with Gasteiger partial charge in [-0.1, -0.05) is 11.6 Å². The largest absolute Gasteiger partial charge is 0.381 e. The minimum Gasteiger partial charge on any atom is -0.381 e. The maximum absolute atomic E-state index is 13.9. The molecule has 2 aromatic rings. The van der Waals surface area contributed by atoms with Gasteiger partial charge in [-0.25, -0.2) is 4.39 Å². The molecule has 0 amide bonds. The third-order valence-corrected chi connectivity index (χ3v) is 3.20. The van der Waals surface area contributed by atoms with Gasteiger partial charge in [0.1, 0.15) is 10.8 Å². The van der Waals surface area contributed by atoms with Crippen LogP contribution in [0.2, 0.25) is 5.02 Å². The zero-order valence-electron chi connectivity index (χ0n) is 10.5. The van der Waals surface area contributed by atoms with Gasteiger partial charge < -0.3 is 15.6 Å². The van der Waals surface area contributed by atoms with E-state index in [0.29, 0.717) is 30.8 Å². The lowest BCUT2D eigenvalue weighted by Crippen LogP contribution is -2.15. The lowest BCUT2D eigenvalue weighted by molar-refractivity contribution is 0.631. The predicted molar refractivity (Wildman–Crippen MR) is 76.4 cm³/mol. The Hall–Kier alpha value is -1.59. The molecule has 1 aromatic heterocycles. The second-order valence-corrected chi connectivity index (χ2v) is 4.56. The number of hydrogen-bond acceptors (Lipinski definition) is 3. The molecular formula is C13H15ClFN3O. The van der Waals surface area contributed by atoms with Gasteiger partial charge >= 0.3 is 0 Å². The first kappa shape index (κ1) is 13.8. The van der Waals surface area contributed by atoms with E-state index >= 15 is 0 Å². The van der Waals surface area contributed by atoms with Gasteiger partial charge in [0.2, 0.25) is 5.43 Å². The number of anilines is 1. The van der Waals surface area contributed by atoms with Crippen LogP contribution in [0, 0.1) is 5.82 Å². The molecule has 1 aromatic carbocycles. The Kier molecular flexibility index (Phi) is 4.07. The summed E-state index contributed by atoms with van der Waals surface area (Å²) in [6.45, 7) is 3.43. The average Bonchev–Trinajstić information content (AvgIpc) is 2.41. The Balaban J connectivity index is 2.70. The minimum atomic E-state index is -0.483. The zero-order valence-corrected chi connectivity index (χ0v) is 11.3. The number of halogens is 2. The average molecular weight is 284 g/mol. The summed E-state index contributed by atoms with van der Waals surface area (Å²) in [4.78, 5) is 11.9. The fourth-order valence-electron chi connectivity index (χ4n) is 1.98. The number of nitrogens with one attached hydrogen (secondary N) is 1. The Labute approximate surface area is 115 Å². The molecule has 102 valence electrons. The van der Waals surface area contributed by atoms with E-state index in [2.05, 4.69) is 5.32 Å². The van der Waals surface area contributed by atoms with E-state index in [9.17, 15) is 9.18 Å². The third-order valence-electron chi connectivity index (χ3n) is 2.93. The molecule has 0 aliphatic carbocycles. The summed E-state index contributed by atoms with van der Waals surface area (Å²) in [5, 5.41) is 3.27. The molecule has 0 aliphatic heterocycles. The van der Waals surface area contributed by atoms with E-state index in [1.165, 1.54) is 6.07 Å². The van der Waals surface area contributed by atoms with Crippen LogP contribution in [0.15, 0.2) is 23.1 Å². The van der Waals surface area contributed by atoms with E-state index in [-0.39, 0.29) is 15.8 Å². The van der Waals surface area contributed by atoms with Crippen molar-refractivity contribution in [3.8, 4) is 0 Å². The molecule has 3 N–H and O–H groups in total. The minimum absolute atomic E-state index is 0.0939. The summed E-state index contributed by atoms with van der Waals surface area (Å²) in [5.74, 6) is -0.483. The van der Waals surface area contributed by atoms with Gasteiger partial charge in [-0.3, -0.25) is 4.79 Å². The normalized spacial score (nSPS) is 10.9. The van der Waals surface area contributed by atoms with Crippen LogP contribution in [-0.4, -0.2) is 17.7 Å². The van der Waals surface area contributed by atoms with Crippen LogP contribution in [0.1, 0.15) is 6.92 Å². The summed E-state index contributed by atoms with van der Waals surface area (Å²) >= 11 is 5.86. The molecular weight excluding hydrogens is 269 g/mol. The predicted octanol–water partition coefficient (Wildman–Crippen LogP) is 2.18. The summed E-state index contributed by atoms with van der Waals surface area (Å²) in [5.41, 5.74) is 6.01. The van der Waals surface area contributed by atoms with Crippen molar-refractivity contribution in [3.05, 3.63) is 39.4 Å². The highest BCUT2D eigenvalue weighted by Gasteiger charge is 2.11. The molecule has 1 heterocycles. The Morgan fingerprint density at radius 2 is 2.21 bits per heavy atom. The van der Waals surface area contributed by atoms with Crippen molar-refractivity contribution in [1.29, 1.82) is 0 Å². The van der Waals surface area contributed by atoms with Crippen LogP contribution in [0.3, 0.4) is 0 Å². The zero-order chi connectivity index (χ0) is 14.0. The van der Waals surface area contributed by atoms with Crippen molar-refractivity contribution in [2.45, 2.75) is 13.5 Å².